The molecule has 1 aliphatic rings. The first-order valence-electron chi connectivity index (χ1n) is 6.75. The summed E-state index contributed by atoms with van der Waals surface area (Å²) in [6.45, 7) is 0.489. The number of nitrogens with zero attached hydrogens (tertiary/aromatic N) is 2. The fourth-order valence-corrected chi connectivity index (χ4v) is 3.93. The van der Waals surface area contributed by atoms with Gasteiger partial charge in [0.15, 0.2) is 0 Å². The molecule has 0 N–H and O–H groups in total. The lowest BCUT2D eigenvalue weighted by atomic mass is 10.1. The molecule has 18 heavy (non-hydrogen) atoms. The van der Waals surface area contributed by atoms with E-state index >= 15 is 0 Å². The van der Waals surface area contributed by atoms with Gasteiger partial charge in [-0.2, -0.15) is 17.0 Å². The van der Waals surface area contributed by atoms with Crippen LogP contribution in [0.15, 0.2) is 0 Å². The molecule has 0 radical (unpaired) electrons. The molecule has 0 aromatic rings. The Kier molecular flexibility index (Phi) is 6.92. The molecule has 1 saturated carbocycles. The summed E-state index contributed by atoms with van der Waals surface area (Å²) in [4.78, 5) is 0. The third-order valence-electron chi connectivity index (χ3n) is 3.70. The smallest absolute Gasteiger partial charge is 0.195 e. The summed E-state index contributed by atoms with van der Waals surface area (Å²) in [6, 6.07) is 0.163. The van der Waals surface area contributed by atoms with Crippen molar-refractivity contribution < 1.29 is 8.42 Å². The van der Waals surface area contributed by atoms with Gasteiger partial charge in [-0.1, -0.05) is 25.7 Å². The molecule has 0 aromatic carbocycles. The zero-order valence-corrected chi connectivity index (χ0v) is 13.0. The molecule has 0 atom stereocenters. The molecule has 0 unspecified atom stereocenters. The predicted octanol–water partition coefficient (Wildman–Crippen LogP) is 2.45. The van der Waals surface area contributed by atoms with Crippen LogP contribution in [-0.4, -0.2) is 49.6 Å². The molecule has 0 amide bonds. The highest BCUT2D eigenvalue weighted by atomic mass is 35.5. The van der Waals surface area contributed by atoms with Crippen molar-refractivity contribution in [2.24, 2.45) is 0 Å². The van der Waals surface area contributed by atoms with Crippen LogP contribution in [0.3, 0.4) is 0 Å². The molecule has 0 spiro atoms. The number of hydrogen-bond acceptors (Lipinski definition) is 2. The third kappa shape index (κ3) is 4.37. The van der Waals surface area contributed by atoms with Crippen molar-refractivity contribution in [3.05, 3.63) is 0 Å². The lowest BCUT2D eigenvalue weighted by Gasteiger charge is -2.30. The van der Waals surface area contributed by atoms with E-state index in [9.17, 15) is 8.42 Å². The minimum atomic E-state index is -3.32. The maximum absolute atomic E-state index is 12.4. The number of hydrogen-bond donors (Lipinski definition) is 0. The summed E-state index contributed by atoms with van der Waals surface area (Å²) in [6.07, 6.45) is 7.39. The van der Waals surface area contributed by atoms with E-state index in [-0.39, 0.29) is 6.04 Å². The van der Waals surface area contributed by atoms with E-state index in [0.717, 1.165) is 25.7 Å². The maximum Gasteiger partial charge on any atom is 0.281 e. The van der Waals surface area contributed by atoms with Gasteiger partial charge in [0, 0.05) is 32.6 Å². The molecular formula is C12H25ClN2O2S. The average Bonchev–Trinajstić information content (AvgIpc) is 2.63. The predicted molar refractivity (Wildman–Crippen MR) is 76.1 cm³/mol. The Hall–Kier alpha value is 0.160. The summed E-state index contributed by atoms with van der Waals surface area (Å²) in [5, 5.41) is 0. The standard InChI is InChI=1S/C12H25ClN2O2S/c1-14(11-7-10-13)18(16,17)15(2)12-8-5-3-4-6-9-12/h12H,3-11H2,1-2H3. The fraction of sp³-hybridized carbons (Fsp3) is 1.00. The number of halogens is 1. The first-order chi connectivity index (χ1) is 8.50. The Morgan fingerprint density at radius 2 is 1.67 bits per heavy atom. The van der Waals surface area contributed by atoms with Gasteiger partial charge in [0.1, 0.15) is 0 Å². The van der Waals surface area contributed by atoms with Crippen molar-refractivity contribution in [3.8, 4) is 0 Å². The van der Waals surface area contributed by atoms with Crippen molar-refractivity contribution in [2.75, 3.05) is 26.5 Å². The van der Waals surface area contributed by atoms with Crippen LogP contribution in [0.5, 0.6) is 0 Å². The Balaban J connectivity index is 2.64. The molecule has 0 heterocycles. The highest BCUT2D eigenvalue weighted by molar-refractivity contribution is 7.86. The minimum absolute atomic E-state index is 0.163. The first-order valence-corrected chi connectivity index (χ1v) is 8.68. The normalized spacial score (nSPS) is 19.4. The van der Waals surface area contributed by atoms with Gasteiger partial charge in [-0.15, -0.1) is 11.6 Å². The quantitative estimate of drug-likeness (QED) is 0.558. The molecule has 108 valence electrons. The molecule has 1 aliphatic carbocycles. The monoisotopic (exact) mass is 296 g/mol. The summed E-state index contributed by atoms with van der Waals surface area (Å²) >= 11 is 5.61. The van der Waals surface area contributed by atoms with Gasteiger partial charge in [0.2, 0.25) is 0 Å². The highest BCUT2D eigenvalue weighted by Crippen LogP contribution is 2.23. The van der Waals surface area contributed by atoms with Crippen molar-refractivity contribution in [2.45, 2.75) is 51.0 Å². The van der Waals surface area contributed by atoms with Crippen LogP contribution < -0.4 is 0 Å². The second-order valence-corrected chi connectivity index (χ2v) is 7.51. The summed E-state index contributed by atoms with van der Waals surface area (Å²) in [5.41, 5.74) is 0. The summed E-state index contributed by atoms with van der Waals surface area (Å²) in [7, 11) is 0.0258. The number of rotatable bonds is 6. The van der Waals surface area contributed by atoms with Gasteiger partial charge in [-0.25, -0.2) is 0 Å². The zero-order chi connectivity index (χ0) is 13.6. The van der Waals surface area contributed by atoms with Gasteiger partial charge in [0.25, 0.3) is 10.2 Å². The Morgan fingerprint density at radius 1 is 1.11 bits per heavy atom. The van der Waals surface area contributed by atoms with Crippen LogP contribution >= 0.6 is 11.6 Å². The molecule has 6 heteroatoms. The van der Waals surface area contributed by atoms with E-state index < -0.39 is 10.2 Å². The number of alkyl halides is 1. The molecule has 1 fully saturated rings. The highest BCUT2D eigenvalue weighted by Gasteiger charge is 2.29. The molecule has 0 aromatic heterocycles. The lowest BCUT2D eigenvalue weighted by Crippen LogP contribution is -2.45. The van der Waals surface area contributed by atoms with E-state index in [0.29, 0.717) is 18.8 Å². The van der Waals surface area contributed by atoms with Gasteiger partial charge < -0.3 is 0 Å². The molecule has 0 saturated heterocycles. The van der Waals surface area contributed by atoms with Crippen LogP contribution in [0.4, 0.5) is 0 Å². The van der Waals surface area contributed by atoms with Gasteiger partial charge >= 0.3 is 0 Å². The van der Waals surface area contributed by atoms with Gasteiger partial charge in [-0.05, 0) is 19.3 Å². The van der Waals surface area contributed by atoms with Crippen molar-refractivity contribution in [1.82, 2.24) is 8.61 Å². The SMILES string of the molecule is CN(CCCCl)S(=O)(=O)N(C)C1CCCCCC1. The van der Waals surface area contributed by atoms with E-state index in [4.69, 9.17) is 11.6 Å². The van der Waals surface area contributed by atoms with Crippen LogP contribution in [0, 0.1) is 0 Å². The lowest BCUT2D eigenvalue weighted by molar-refractivity contribution is 0.307. The van der Waals surface area contributed by atoms with E-state index in [1.807, 2.05) is 0 Å². The summed E-state index contributed by atoms with van der Waals surface area (Å²) < 4.78 is 27.7. The molecule has 0 bridgehead atoms. The maximum atomic E-state index is 12.4. The van der Waals surface area contributed by atoms with Gasteiger partial charge in [0.05, 0.1) is 0 Å². The molecular weight excluding hydrogens is 272 g/mol. The molecule has 0 aliphatic heterocycles. The molecule has 4 nitrogen and oxygen atoms in total. The second-order valence-electron chi connectivity index (χ2n) is 5.03. The zero-order valence-electron chi connectivity index (χ0n) is 11.4. The topological polar surface area (TPSA) is 40.6 Å². The first kappa shape index (κ1) is 16.2. The minimum Gasteiger partial charge on any atom is -0.195 e. The van der Waals surface area contributed by atoms with Crippen LogP contribution in [0.1, 0.15) is 44.9 Å². The van der Waals surface area contributed by atoms with Gasteiger partial charge in [-0.3, -0.25) is 0 Å². The van der Waals surface area contributed by atoms with Crippen molar-refractivity contribution >= 4 is 21.8 Å². The van der Waals surface area contributed by atoms with Crippen LogP contribution in [-0.2, 0) is 10.2 Å². The Bertz CT molecular complexity index is 327. The van der Waals surface area contributed by atoms with Crippen LogP contribution in [0.2, 0.25) is 0 Å². The van der Waals surface area contributed by atoms with Crippen LogP contribution in [0.25, 0.3) is 0 Å². The second kappa shape index (κ2) is 7.68. The van der Waals surface area contributed by atoms with E-state index in [1.165, 1.54) is 17.1 Å². The average molecular weight is 297 g/mol. The molecule has 1 rings (SSSR count). The van der Waals surface area contributed by atoms with E-state index in [1.54, 1.807) is 18.4 Å². The fourth-order valence-electron chi connectivity index (χ4n) is 2.43. The Labute approximate surface area is 116 Å². The largest absolute Gasteiger partial charge is 0.281 e. The van der Waals surface area contributed by atoms with Crippen molar-refractivity contribution in [1.29, 1.82) is 0 Å². The summed E-state index contributed by atoms with van der Waals surface area (Å²) in [5.74, 6) is 0.493. The Morgan fingerprint density at radius 3 is 2.17 bits per heavy atom. The van der Waals surface area contributed by atoms with Crippen molar-refractivity contribution in [3.63, 3.8) is 0 Å². The third-order valence-corrected chi connectivity index (χ3v) is 5.97. The van der Waals surface area contributed by atoms with E-state index in [2.05, 4.69) is 0 Å².